The van der Waals surface area contributed by atoms with Gasteiger partial charge in [-0.05, 0) is 56.1 Å². The Hall–Kier alpha value is -2.92. The zero-order valence-electron chi connectivity index (χ0n) is 19.5. The largest absolute Gasteiger partial charge is 0.487 e. The summed E-state index contributed by atoms with van der Waals surface area (Å²) >= 11 is 0. The zero-order chi connectivity index (χ0) is 22.6. The molecule has 1 aromatic heterocycles. The van der Waals surface area contributed by atoms with Gasteiger partial charge in [0.05, 0.1) is 5.69 Å². The molecule has 0 amide bonds. The van der Waals surface area contributed by atoms with Crippen molar-refractivity contribution in [1.29, 1.82) is 0 Å². The smallest absolute Gasteiger partial charge is 0.316 e. The van der Waals surface area contributed by atoms with Crippen molar-refractivity contribution in [3.63, 3.8) is 0 Å². The van der Waals surface area contributed by atoms with Crippen LogP contribution < -0.4 is 9.47 Å². The lowest BCUT2D eigenvalue weighted by molar-refractivity contribution is 0.104. The molecule has 2 aromatic carbocycles. The number of hydrogen-bond donors (Lipinski definition) is 0. The minimum Gasteiger partial charge on any atom is -0.487 e. The van der Waals surface area contributed by atoms with Crippen molar-refractivity contribution in [2.45, 2.75) is 51.7 Å². The van der Waals surface area contributed by atoms with Crippen molar-refractivity contribution >= 4 is 0 Å². The number of piperidine rings is 1. The highest BCUT2D eigenvalue weighted by atomic mass is 16.5. The first-order valence-corrected chi connectivity index (χ1v) is 11.4. The van der Waals surface area contributed by atoms with Crippen LogP contribution >= 0.6 is 0 Å². The Balaban J connectivity index is 1.35. The molecule has 32 heavy (non-hydrogen) atoms. The topological polar surface area (TPSA) is 47.5 Å². The van der Waals surface area contributed by atoms with E-state index < -0.39 is 0 Å². The summed E-state index contributed by atoms with van der Waals surface area (Å²) in [5.41, 5.74) is 4.57. The number of benzene rings is 2. The van der Waals surface area contributed by atoms with Crippen LogP contribution in [-0.2, 0) is 12.0 Å². The Bertz CT molecular complexity index is 1010. The standard InChI is InChI=1S/C27H33N3O2/c1-20-5-7-21(8-6-20)27(2,3)22-9-11-24(12-10-22)31-19-23-13-16-28-26(29-23)32-25-14-17-30(4)18-15-25/h5-13,16,25H,14-15,17-19H2,1-4H3. The van der Waals surface area contributed by atoms with Crippen LogP contribution in [0.4, 0.5) is 0 Å². The normalized spacial score (nSPS) is 15.5. The maximum absolute atomic E-state index is 5.99. The number of likely N-dealkylation sites (tertiary alicyclic amines) is 1. The fourth-order valence-corrected chi connectivity index (χ4v) is 4.03. The third kappa shape index (κ3) is 5.46. The summed E-state index contributed by atoms with van der Waals surface area (Å²) in [7, 11) is 2.14. The Morgan fingerprint density at radius 2 is 1.56 bits per heavy atom. The first-order chi connectivity index (χ1) is 15.4. The van der Waals surface area contributed by atoms with Crippen LogP contribution in [0.15, 0.2) is 60.8 Å². The molecule has 0 aliphatic carbocycles. The van der Waals surface area contributed by atoms with E-state index in [1.807, 2.05) is 18.2 Å². The summed E-state index contributed by atoms with van der Waals surface area (Å²) < 4.78 is 12.0. The van der Waals surface area contributed by atoms with Crippen LogP contribution in [0.1, 0.15) is 49.1 Å². The molecule has 168 valence electrons. The molecule has 1 saturated heterocycles. The lowest BCUT2D eigenvalue weighted by atomic mass is 9.78. The van der Waals surface area contributed by atoms with Crippen LogP contribution in [0.5, 0.6) is 11.8 Å². The Morgan fingerprint density at radius 1 is 0.938 bits per heavy atom. The molecule has 1 aliphatic heterocycles. The second-order valence-corrected chi connectivity index (χ2v) is 9.26. The van der Waals surface area contributed by atoms with Crippen molar-refractivity contribution in [3.8, 4) is 11.8 Å². The molecule has 0 saturated carbocycles. The van der Waals surface area contributed by atoms with Crippen LogP contribution in [0, 0.1) is 6.92 Å². The fourth-order valence-electron chi connectivity index (χ4n) is 4.03. The minimum atomic E-state index is -0.0704. The molecule has 0 bridgehead atoms. The monoisotopic (exact) mass is 431 g/mol. The van der Waals surface area contributed by atoms with Crippen LogP contribution in [0.25, 0.3) is 0 Å². The van der Waals surface area contributed by atoms with Crippen molar-refractivity contribution < 1.29 is 9.47 Å². The van der Waals surface area contributed by atoms with E-state index in [4.69, 9.17) is 9.47 Å². The Labute approximate surface area is 191 Å². The van der Waals surface area contributed by atoms with E-state index in [-0.39, 0.29) is 11.5 Å². The second kappa shape index (κ2) is 9.70. The van der Waals surface area contributed by atoms with E-state index in [2.05, 4.69) is 79.1 Å². The van der Waals surface area contributed by atoms with E-state index in [0.29, 0.717) is 12.6 Å². The maximum atomic E-state index is 5.99. The van der Waals surface area contributed by atoms with E-state index >= 15 is 0 Å². The van der Waals surface area contributed by atoms with Gasteiger partial charge in [0.25, 0.3) is 0 Å². The summed E-state index contributed by atoms with van der Waals surface area (Å²) in [4.78, 5) is 11.1. The van der Waals surface area contributed by atoms with Gasteiger partial charge in [-0.2, -0.15) is 4.98 Å². The first-order valence-electron chi connectivity index (χ1n) is 11.4. The summed E-state index contributed by atoms with van der Waals surface area (Å²) in [6.07, 6.45) is 3.94. The Kier molecular flexibility index (Phi) is 6.75. The van der Waals surface area contributed by atoms with Gasteiger partial charge in [-0.15, -0.1) is 0 Å². The van der Waals surface area contributed by atoms with Gasteiger partial charge >= 0.3 is 6.01 Å². The van der Waals surface area contributed by atoms with Crippen molar-refractivity contribution in [3.05, 3.63) is 83.2 Å². The molecule has 0 unspecified atom stereocenters. The second-order valence-electron chi connectivity index (χ2n) is 9.26. The van der Waals surface area contributed by atoms with Gasteiger partial charge in [0, 0.05) is 24.7 Å². The third-order valence-electron chi connectivity index (χ3n) is 6.36. The minimum absolute atomic E-state index is 0.0704. The zero-order valence-corrected chi connectivity index (χ0v) is 19.5. The predicted molar refractivity (Wildman–Crippen MR) is 127 cm³/mol. The van der Waals surface area contributed by atoms with Gasteiger partial charge in [0.2, 0.25) is 0 Å². The van der Waals surface area contributed by atoms with Crippen LogP contribution in [0.2, 0.25) is 0 Å². The molecule has 0 radical (unpaired) electrons. The highest BCUT2D eigenvalue weighted by molar-refractivity contribution is 5.40. The van der Waals surface area contributed by atoms with Gasteiger partial charge in [0.1, 0.15) is 18.5 Å². The quantitative estimate of drug-likeness (QED) is 0.517. The fraction of sp³-hybridized carbons (Fsp3) is 0.407. The highest BCUT2D eigenvalue weighted by Crippen LogP contribution is 2.32. The molecule has 1 aliphatic rings. The summed E-state index contributed by atoms with van der Waals surface area (Å²) in [5.74, 6) is 0.824. The number of hydrogen-bond acceptors (Lipinski definition) is 5. The number of aromatic nitrogens is 2. The summed E-state index contributed by atoms with van der Waals surface area (Å²) in [5, 5.41) is 0. The van der Waals surface area contributed by atoms with Crippen LogP contribution in [0.3, 0.4) is 0 Å². The molecule has 0 N–H and O–H groups in total. The lowest BCUT2D eigenvalue weighted by Gasteiger charge is -2.28. The van der Waals surface area contributed by atoms with E-state index in [1.54, 1.807) is 6.20 Å². The van der Waals surface area contributed by atoms with E-state index in [1.165, 1.54) is 16.7 Å². The molecular weight excluding hydrogens is 398 g/mol. The molecule has 4 rings (SSSR count). The average molecular weight is 432 g/mol. The molecule has 3 aromatic rings. The first kappa shape index (κ1) is 22.3. The van der Waals surface area contributed by atoms with Gasteiger partial charge in [-0.1, -0.05) is 55.8 Å². The van der Waals surface area contributed by atoms with E-state index in [0.717, 1.165) is 37.4 Å². The number of rotatable bonds is 7. The molecular formula is C27H33N3O2. The van der Waals surface area contributed by atoms with E-state index in [9.17, 15) is 0 Å². The Morgan fingerprint density at radius 3 is 2.22 bits per heavy atom. The average Bonchev–Trinajstić information content (AvgIpc) is 2.80. The highest BCUT2D eigenvalue weighted by Gasteiger charge is 2.23. The molecule has 0 atom stereocenters. The number of ether oxygens (including phenoxy) is 2. The molecule has 5 nitrogen and oxygen atoms in total. The number of aryl methyl sites for hydroxylation is 1. The van der Waals surface area contributed by atoms with Crippen molar-refractivity contribution in [2.75, 3.05) is 20.1 Å². The molecule has 1 fully saturated rings. The SMILES string of the molecule is Cc1ccc(C(C)(C)c2ccc(OCc3ccnc(OC4CCN(C)CC4)n3)cc2)cc1. The lowest BCUT2D eigenvalue weighted by Crippen LogP contribution is -2.36. The maximum Gasteiger partial charge on any atom is 0.316 e. The van der Waals surface area contributed by atoms with Gasteiger partial charge in [-0.25, -0.2) is 4.98 Å². The number of nitrogens with zero attached hydrogens (tertiary/aromatic N) is 3. The van der Waals surface area contributed by atoms with Crippen LogP contribution in [-0.4, -0.2) is 41.1 Å². The molecule has 5 heteroatoms. The van der Waals surface area contributed by atoms with Gasteiger partial charge in [-0.3, -0.25) is 0 Å². The third-order valence-corrected chi connectivity index (χ3v) is 6.36. The van der Waals surface area contributed by atoms with Gasteiger partial charge < -0.3 is 14.4 Å². The summed E-state index contributed by atoms with van der Waals surface area (Å²) in [6.45, 7) is 9.09. The van der Waals surface area contributed by atoms with Crippen molar-refractivity contribution in [2.24, 2.45) is 0 Å². The molecule has 0 spiro atoms. The van der Waals surface area contributed by atoms with Gasteiger partial charge in [0.15, 0.2) is 0 Å². The molecule has 2 heterocycles. The predicted octanol–water partition coefficient (Wildman–Crippen LogP) is 5.16. The summed E-state index contributed by atoms with van der Waals surface area (Å²) in [6, 6.07) is 19.4. The van der Waals surface area contributed by atoms with Crippen molar-refractivity contribution in [1.82, 2.24) is 14.9 Å².